The van der Waals surface area contributed by atoms with E-state index in [1.807, 2.05) is 0 Å². The number of hydrogen-bond donors (Lipinski definition) is 2. The zero-order chi connectivity index (χ0) is 10.2. The van der Waals surface area contributed by atoms with Crippen LogP contribution in [0.1, 0.15) is 25.7 Å². The number of amides is 1. The van der Waals surface area contributed by atoms with Gasteiger partial charge in [-0.2, -0.15) is 0 Å². The lowest BCUT2D eigenvalue weighted by atomic mass is 10.1. The SMILES string of the molecule is COCCCCNC1CCC(=O)NC1. The quantitative estimate of drug-likeness (QED) is 0.606. The minimum Gasteiger partial charge on any atom is -0.385 e. The van der Waals surface area contributed by atoms with Crippen molar-refractivity contribution >= 4 is 5.91 Å². The molecule has 1 heterocycles. The number of hydrogen-bond acceptors (Lipinski definition) is 3. The number of unbranched alkanes of at least 4 members (excludes halogenated alkanes) is 1. The molecule has 1 aliphatic rings. The van der Waals surface area contributed by atoms with Gasteiger partial charge in [0, 0.05) is 32.7 Å². The van der Waals surface area contributed by atoms with E-state index in [1.165, 1.54) is 0 Å². The molecule has 4 heteroatoms. The van der Waals surface area contributed by atoms with Gasteiger partial charge in [0.25, 0.3) is 0 Å². The number of ether oxygens (including phenoxy) is 1. The molecular formula is C10H20N2O2. The molecule has 0 aromatic carbocycles. The third-order valence-corrected chi connectivity index (χ3v) is 2.47. The van der Waals surface area contributed by atoms with Crippen LogP contribution in [0.4, 0.5) is 0 Å². The van der Waals surface area contributed by atoms with Crippen LogP contribution in [0, 0.1) is 0 Å². The topological polar surface area (TPSA) is 50.4 Å². The minimum absolute atomic E-state index is 0.183. The zero-order valence-electron chi connectivity index (χ0n) is 8.84. The predicted molar refractivity (Wildman–Crippen MR) is 55.1 cm³/mol. The number of piperidine rings is 1. The summed E-state index contributed by atoms with van der Waals surface area (Å²) < 4.78 is 4.96. The van der Waals surface area contributed by atoms with Crippen LogP contribution in [-0.2, 0) is 9.53 Å². The Labute approximate surface area is 85.4 Å². The van der Waals surface area contributed by atoms with Crippen LogP contribution in [0.5, 0.6) is 0 Å². The minimum atomic E-state index is 0.183. The van der Waals surface area contributed by atoms with Gasteiger partial charge in [0.2, 0.25) is 5.91 Å². The number of nitrogens with one attached hydrogen (secondary N) is 2. The van der Waals surface area contributed by atoms with E-state index in [0.29, 0.717) is 12.5 Å². The molecule has 1 aliphatic heterocycles. The maximum atomic E-state index is 10.9. The van der Waals surface area contributed by atoms with Crippen molar-refractivity contribution in [1.82, 2.24) is 10.6 Å². The first-order valence-electron chi connectivity index (χ1n) is 5.32. The van der Waals surface area contributed by atoms with Gasteiger partial charge >= 0.3 is 0 Å². The van der Waals surface area contributed by atoms with Gasteiger partial charge < -0.3 is 15.4 Å². The lowest BCUT2D eigenvalue weighted by Crippen LogP contribution is -2.45. The molecule has 82 valence electrons. The molecule has 1 amide bonds. The van der Waals surface area contributed by atoms with E-state index in [1.54, 1.807) is 7.11 Å². The predicted octanol–water partition coefficient (Wildman–Crippen LogP) is 0.281. The second kappa shape index (κ2) is 6.79. The molecule has 0 bridgehead atoms. The molecule has 0 spiro atoms. The normalized spacial score (nSPS) is 22.1. The molecular weight excluding hydrogens is 180 g/mol. The molecule has 0 aromatic heterocycles. The Morgan fingerprint density at radius 3 is 3.07 bits per heavy atom. The van der Waals surface area contributed by atoms with Crippen LogP contribution >= 0.6 is 0 Å². The fourth-order valence-electron chi connectivity index (χ4n) is 1.58. The molecule has 1 saturated heterocycles. The van der Waals surface area contributed by atoms with Crippen molar-refractivity contribution in [2.45, 2.75) is 31.7 Å². The Bertz CT molecular complexity index is 164. The number of rotatable bonds is 6. The van der Waals surface area contributed by atoms with E-state index in [2.05, 4.69) is 10.6 Å². The molecule has 2 N–H and O–H groups in total. The van der Waals surface area contributed by atoms with Gasteiger partial charge in [-0.1, -0.05) is 0 Å². The highest BCUT2D eigenvalue weighted by Crippen LogP contribution is 2.02. The van der Waals surface area contributed by atoms with Crippen LogP contribution in [0.25, 0.3) is 0 Å². The maximum Gasteiger partial charge on any atom is 0.220 e. The van der Waals surface area contributed by atoms with Crippen molar-refractivity contribution in [1.29, 1.82) is 0 Å². The summed E-state index contributed by atoms with van der Waals surface area (Å²) in [5, 5.41) is 6.29. The Kier molecular flexibility index (Phi) is 5.56. The van der Waals surface area contributed by atoms with Crippen LogP contribution in [0.15, 0.2) is 0 Å². The monoisotopic (exact) mass is 200 g/mol. The Hall–Kier alpha value is -0.610. The van der Waals surface area contributed by atoms with E-state index in [-0.39, 0.29) is 5.91 Å². The molecule has 14 heavy (non-hydrogen) atoms. The highest BCUT2D eigenvalue weighted by Gasteiger charge is 2.16. The highest BCUT2D eigenvalue weighted by atomic mass is 16.5. The van der Waals surface area contributed by atoms with Crippen LogP contribution < -0.4 is 10.6 Å². The first-order valence-corrected chi connectivity index (χ1v) is 5.32. The summed E-state index contributed by atoms with van der Waals surface area (Å²) in [6, 6.07) is 0.468. The standard InChI is InChI=1S/C10H20N2O2/c1-14-7-3-2-6-11-9-4-5-10(13)12-8-9/h9,11H,2-8H2,1H3,(H,12,13). The fourth-order valence-corrected chi connectivity index (χ4v) is 1.58. The van der Waals surface area contributed by atoms with Gasteiger partial charge in [-0.05, 0) is 25.8 Å². The van der Waals surface area contributed by atoms with Gasteiger partial charge in [-0.25, -0.2) is 0 Å². The summed E-state index contributed by atoms with van der Waals surface area (Å²) in [4.78, 5) is 10.9. The molecule has 0 radical (unpaired) electrons. The van der Waals surface area contributed by atoms with Crippen molar-refractivity contribution in [2.24, 2.45) is 0 Å². The van der Waals surface area contributed by atoms with Crippen molar-refractivity contribution in [3.8, 4) is 0 Å². The lowest BCUT2D eigenvalue weighted by Gasteiger charge is -2.23. The van der Waals surface area contributed by atoms with Gasteiger partial charge in [-0.15, -0.1) is 0 Å². The van der Waals surface area contributed by atoms with E-state index in [9.17, 15) is 4.79 Å². The maximum absolute atomic E-state index is 10.9. The second-order valence-corrected chi connectivity index (χ2v) is 3.69. The van der Waals surface area contributed by atoms with E-state index >= 15 is 0 Å². The Balaban J connectivity index is 1.94. The summed E-state index contributed by atoms with van der Waals surface area (Å²) in [6.07, 6.45) is 3.87. The molecule has 4 nitrogen and oxygen atoms in total. The van der Waals surface area contributed by atoms with Gasteiger partial charge in [-0.3, -0.25) is 4.79 Å². The number of carbonyl (C=O) groups is 1. The van der Waals surface area contributed by atoms with E-state index in [0.717, 1.165) is 39.0 Å². The second-order valence-electron chi connectivity index (χ2n) is 3.69. The van der Waals surface area contributed by atoms with Crippen molar-refractivity contribution < 1.29 is 9.53 Å². The largest absolute Gasteiger partial charge is 0.385 e. The number of carbonyl (C=O) groups excluding carboxylic acids is 1. The van der Waals surface area contributed by atoms with Crippen molar-refractivity contribution in [3.05, 3.63) is 0 Å². The summed E-state index contributed by atoms with van der Waals surface area (Å²) in [5.74, 6) is 0.183. The van der Waals surface area contributed by atoms with Crippen LogP contribution in [0.3, 0.4) is 0 Å². The van der Waals surface area contributed by atoms with Gasteiger partial charge in [0.1, 0.15) is 0 Å². The molecule has 0 aliphatic carbocycles. The summed E-state index contributed by atoms with van der Waals surface area (Å²) >= 11 is 0. The first-order chi connectivity index (χ1) is 6.83. The summed E-state index contributed by atoms with van der Waals surface area (Å²) in [6.45, 7) is 2.64. The zero-order valence-corrected chi connectivity index (χ0v) is 8.84. The van der Waals surface area contributed by atoms with Gasteiger partial charge in [0.05, 0.1) is 0 Å². The van der Waals surface area contributed by atoms with Crippen LogP contribution in [-0.4, -0.2) is 38.8 Å². The van der Waals surface area contributed by atoms with Crippen LogP contribution in [0.2, 0.25) is 0 Å². The Morgan fingerprint density at radius 1 is 1.57 bits per heavy atom. The average Bonchev–Trinajstić information content (AvgIpc) is 2.21. The third-order valence-electron chi connectivity index (χ3n) is 2.47. The molecule has 0 aromatic rings. The number of methoxy groups -OCH3 is 1. The van der Waals surface area contributed by atoms with E-state index < -0.39 is 0 Å². The molecule has 1 atom stereocenters. The Morgan fingerprint density at radius 2 is 2.43 bits per heavy atom. The van der Waals surface area contributed by atoms with Gasteiger partial charge in [0.15, 0.2) is 0 Å². The molecule has 1 unspecified atom stereocenters. The molecule has 0 saturated carbocycles. The summed E-state index contributed by atoms with van der Waals surface area (Å²) in [7, 11) is 1.73. The highest BCUT2D eigenvalue weighted by molar-refractivity contribution is 5.76. The first kappa shape index (κ1) is 11.5. The third kappa shape index (κ3) is 4.58. The fraction of sp³-hybridized carbons (Fsp3) is 0.900. The average molecular weight is 200 g/mol. The smallest absolute Gasteiger partial charge is 0.220 e. The summed E-state index contributed by atoms with van der Waals surface area (Å²) in [5.41, 5.74) is 0. The van der Waals surface area contributed by atoms with E-state index in [4.69, 9.17) is 4.74 Å². The lowest BCUT2D eigenvalue weighted by molar-refractivity contribution is -0.122. The van der Waals surface area contributed by atoms with Crippen molar-refractivity contribution in [3.63, 3.8) is 0 Å². The molecule has 1 rings (SSSR count). The van der Waals surface area contributed by atoms with Crippen molar-refractivity contribution in [2.75, 3.05) is 26.8 Å². The molecule has 1 fully saturated rings.